The summed E-state index contributed by atoms with van der Waals surface area (Å²) in [5.41, 5.74) is 8.03. The van der Waals surface area contributed by atoms with E-state index in [0.29, 0.717) is 0 Å². The smallest absolute Gasteiger partial charge is 0.0868 e. The molecule has 1 unspecified atom stereocenters. The summed E-state index contributed by atoms with van der Waals surface area (Å²) in [5, 5.41) is 11.8. The summed E-state index contributed by atoms with van der Waals surface area (Å²) in [6.45, 7) is 2.11. The Morgan fingerprint density at radius 2 is 2.38 bits per heavy atom. The monoisotopic (exact) mass is 238 g/mol. The Bertz CT molecular complexity index is 462. The highest BCUT2D eigenvalue weighted by Gasteiger charge is 2.19. The van der Waals surface area contributed by atoms with Crippen LogP contribution in [-0.2, 0) is 13.5 Å². The summed E-state index contributed by atoms with van der Waals surface area (Å²) in [4.78, 5) is 1.01. The third-order valence-corrected chi connectivity index (χ3v) is 3.27. The highest BCUT2D eigenvalue weighted by molar-refractivity contribution is 7.05. The molecular weight excluding hydrogens is 224 g/mol. The van der Waals surface area contributed by atoms with E-state index in [9.17, 15) is 0 Å². The molecule has 2 aromatic heterocycles. The maximum atomic E-state index is 6.17. The van der Waals surface area contributed by atoms with Crippen molar-refractivity contribution in [2.45, 2.75) is 25.8 Å². The zero-order valence-corrected chi connectivity index (χ0v) is 10.1. The summed E-state index contributed by atoms with van der Waals surface area (Å²) in [6, 6.07) is -0.235. The predicted molar refractivity (Wildman–Crippen MR) is 60.9 cm³/mol. The lowest BCUT2D eigenvalue weighted by molar-refractivity contribution is 0.651. The minimum absolute atomic E-state index is 0.235. The molecule has 86 valence electrons. The van der Waals surface area contributed by atoms with Gasteiger partial charge in [0.2, 0.25) is 0 Å². The number of hydrogen-bond donors (Lipinski definition) is 1. The normalized spacial score (nSPS) is 12.9. The van der Waals surface area contributed by atoms with Gasteiger partial charge in [-0.25, -0.2) is 0 Å². The molecule has 0 aliphatic carbocycles. The van der Waals surface area contributed by atoms with Crippen LogP contribution in [0.1, 0.15) is 35.7 Å². The van der Waals surface area contributed by atoms with E-state index < -0.39 is 0 Å². The number of nitrogens with zero attached hydrogens (tertiary/aromatic N) is 5. The van der Waals surface area contributed by atoms with Gasteiger partial charge in [0.1, 0.15) is 0 Å². The lowest BCUT2D eigenvalue weighted by Crippen LogP contribution is -2.16. The van der Waals surface area contributed by atoms with Crippen LogP contribution in [0.4, 0.5) is 0 Å². The van der Waals surface area contributed by atoms with Crippen molar-refractivity contribution in [3.63, 3.8) is 0 Å². The largest absolute Gasteiger partial charge is 0.318 e. The van der Waals surface area contributed by atoms with Crippen molar-refractivity contribution in [3.8, 4) is 0 Å². The maximum absolute atomic E-state index is 6.17. The lowest BCUT2D eigenvalue weighted by atomic mass is 10.1. The topological polar surface area (TPSA) is 82.5 Å². The average molecular weight is 238 g/mol. The van der Waals surface area contributed by atoms with Crippen molar-refractivity contribution in [2.24, 2.45) is 12.8 Å². The van der Waals surface area contributed by atoms with E-state index in [1.54, 1.807) is 10.9 Å². The first-order chi connectivity index (χ1) is 7.74. The minimum atomic E-state index is -0.235. The summed E-state index contributed by atoms with van der Waals surface area (Å²) in [7, 11) is 1.83. The van der Waals surface area contributed by atoms with Gasteiger partial charge in [-0.3, -0.25) is 4.68 Å². The fourth-order valence-corrected chi connectivity index (χ4v) is 2.29. The van der Waals surface area contributed by atoms with Gasteiger partial charge in [0, 0.05) is 7.05 Å². The van der Waals surface area contributed by atoms with Crippen LogP contribution in [0.25, 0.3) is 0 Å². The Labute approximate surface area is 97.6 Å². The van der Waals surface area contributed by atoms with Gasteiger partial charge in [-0.1, -0.05) is 23.0 Å². The molecule has 0 saturated heterocycles. The van der Waals surface area contributed by atoms with Crippen LogP contribution in [0.15, 0.2) is 6.20 Å². The molecule has 2 aromatic rings. The summed E-state index contributed by atoms with van der Waals surface area (Å²) < 4.78 is 5.64. The Balaban J connectivity index is 2.30. The van der Waals surface area contributed by atoms with E-state index >= 15 is 0 Å². The van der Waals surface area contributed by atoms with Crippen LogP contribution in [0.5, 0.6) is 0 Å². The standard InChI is InChI=1S/C9H14N6S/c1-3-4-6-9(16-14-12-6)8(10)7-5-11-13-15(7)2/h5,8H,3-4,10H2,1-2H3. The second-order valence-corrected chi connectivity index (χ2v) is 4.38. The van der Waals surface area contributed by atoms with Crippen molar-refractivity contribution < 1.29 is 0 Å². The summed E-state index contributed by atoms with van der Waals surface area (Å²) >= 11 is 1.35. The third-order valence-electron chi connectivity index (χ3n) is 2.42. The molecule has 2 N–H and O–H groups in total. The molecule has 0 saturated carbocycles. The first kappa shape index (κ1) is 11.2. The molecule has 0 fully saturated rings. The second kappa shape index (κ2) is 4.67. The second-order valence-electron chi connectivity index (χ2n) is 3.59. The predicted octanol–water partition coefficient (Wildman–Crippen LogP) is 0.667. The first-order valence-electron chi connectivity index (χ1n) is 5.15. The van der Waals surface area contributed by atoms with Gasteiger partial charge in [0.15, 0.2) is 0 Å². The van der Waals surface area contributed by atoms with E-state index in [0.717, 1.165) is 29.1 Å². The molecule has 16 heavy (non-hydrogen) atoms. The van der Waals surface area contributed by atoms with Crippen molar-refractivity contribution in [3.05, 3.63) is 22.5 Å². The van der Waals surface area contributed by atoms with E-state index in [-0.39, 0.29) is 6.04 Å². The molecule has 1 atom stereocenters. The molecule has 0 aromatic carbocycles. The first-order valence-corrected chi connectivity index (χ1v) is 5.92. The Morgan fingerprint density at radius 1 is 1.56 bits per heavy atom. The average Bonchev–Trinajstić information content (AvgIpc) is 2.87. The molecule has 2 heterocycles. The van der Waals surface area contributed by atoms with Gasteiger partial charge in [-0.05, 0) is 18.0 Å². The molecule has 0 aliphatic heterocycles. The number of aromatic nitrogens is 5. The summed E-state index contributed by atoms with van der Waals surface area (Å²) in [6.07, 6.45) is 3.62. The zero-order chi connectivity index (χ0) is 11.5. The molecule has 0 amide bonds. The highest BCUT2D eigenvalue weighted by atomic mass is 32.1. The van der Waals surface area contributed by atoms with Crippen molar-refractivity contribution in [1.82, 2.24) is 24.6 Å². The van der Waals surface area contributed by atoms with Gasteiger partial charge < -0.3 is 5.73 Å². The fourth-order valence-electron chi connectivity index (χ4n) is 1.58. The molecule has 2 rings (SSSR count). The fraction of sp³-hybridized carbons (Fsp3) is 0.556. The van der Waals surface area contributed by atoms with Gasteiger partial charge in [-0.2, -0.15) is 0 Å². The number of rotatable bonds is 4. The Morgan fingerprint density at radius 3 is 3.00 bits per heavy atom. The molecule has 0 spiro atoms. The lowest BCUT2D eigenvalue weighted by Gasteiger charge is -2.09. The number of nitrogens with two attached hydrogens (primary N) is 1. The maximum Gasteiger partial charge on any atom is 0.0868 e. The van der Waals surface area contributed by atoms with E-state index in [1.165, 1.54) is 11.5 Å². The van der Waals surface area contributed by atoms with E-state index in [1.807, 2.05) is 7.05 Å². The Kier molecular flexibility index (Phi) is 3.25. The van der Waals surface area contributed by atoms with Crippen molar-refractivity contribution in [2.75, 3.05) is 0 Å². The van der Waals surface area contributed by atoms with E-state index in [2.05, 4.69) is 26.8 Å². The van der Waals surface area contributed by atoms with Gasteiger partial charge in [0.25, 0.3) is 0 Å². The third kappa shape index (κ3) is 1.96. The molecule has 7 heteroatoms. The SMILES string of the molecule is CCCc1nnsc1C(N)c1cnnn1C. The number of aryl methyl sites for hydroxylation is 2. The Hall–Kier alpha value is -1.34. The summed E-state index contributed by atoms with van der Waals surface area (Å²) in [5.74, 6) is 0. The van der Waals surface area contributed by atoms with Crippen molar-refractivity contribution >= 4 is 11.5 Å². The van der Waals surface area contributed by atoms with Crippen molar-refractivity contribution in [1.29, 1.82) is 0 Å². The molecule has 0 bridgehead atoms. The molecular formula is C9H14N6S. The highest BCUT2D eigenvalue weighted by Crippen LogP contribution is 2.24. The van der Waals surface area contributed by atoms with Crippen LogP contribution < -0.4 is 5.73 Å². The molecule has 0 aliphatic rings. The van der Waals surface area contributed by atoms with Gasteiger partial charge in [0.05, 0.1) is 28.5 Å². The minimum Gasteiger partial charge on any atom is -0.318 e. The van der Waals surface area contributed by atoms with Gasteiger partial charge in [-0.15, -0.1) is 10.2 Å². The quantitative estimate of drug-likeness (QED) is 0.846. The zero-order valence-electron chi connectivity index (χ0n) is 9.29. The van der Waals surface area contributed by atoms with Crippen LogP contribution in [-0.4, -0.2) is 24.6 Å². The van der Waals surface area contributed by atoms with Crippen LogP contribution in [0, 0.1) is 0 Å². The van der Waals surface area contributed by atoms with Crippen LogP contribution >= 0.6 is 11.5 Å². The van der Waals surface area contributed by atoms with Crippen LogP contribution in [0.2, 0.25) is 0 Å². The van der Waals surface area contributed by atoms with Crippen LogP contribution in [0.3, 0.4) is 0 Å². The van der Waals surface area contributed by atoms with Gasteiger partial charge >= 0.3 is 0 Å². The molecule has 0 radical (unpaired) electrons. The van der Waals surface area contributed by atoms with E-state index in [4.69, 9.17) is 5.73 Å². The number of hydrogen-bond acceptors (Lipinski definition) is 6. The molecule has 6 nitrogen and oxygen atoms in total.